The SMILES string of the molecule is C=C(/C=C(OC)\C(=C/C[N+](=O)[O-])Nc1ncc(NC(=O)C(C)(C)C)c(-c2cn(C)c3ccccc23)n1)OC. The molecule has 0 bridgehead atoms. The second-order valence-electron chi connectivity index (χ2n) is 9.47. The van der Waals surface area contributed by atoms with Crippen molar-refractivity contribution in [2.24, 2.45) is 12.5 Å². The van der Waals surface area contributed by atoms with Crippen LogP contribution in [0.2, 0.25) is 0 Å². The minimum atomic E-state index is -0.646. The molecule has 3 rings (SSSR count). The lowest BCUT2D eigenvalue weighted by Crippen LogP contribution is -2.28. The van der Waals surface area contributed by atoms with Gasteiger partial charge in [0.1, 0.15) is 17.2 Å². The Morgan fingerprint density at radius 3 is 2.55 bits per heavy atom. The van der Waals surface area contributed by atoms with Crippen LogP contribution in [0.25, 0.3) is 22.2 Å². The molecule has 1 aromatic carbocycles. The highest BCUT2D eigenvalue weighted by molar-refractivity contribution is 6.02. The van der Waals surface area contributed by atoms with Gasteiger partial charge < -0.3 is 24.7 Å². The summed E-state index contributed by atoms with van der Waals surface area (Å²) in [4.78, 5) is 32.6. The predicted octanol–water partition coefficient (Wildman–Crippen LogP) is 4.88. The van der Waals surface area contributed by atoms with E-state index in [1.165, 1.54) is 32.6 Å². The Hall–Kier alpha value is -4.67. The van der Waals surface area contributed by atoms with Gasteiger partial charge in [-0.15, -0.1) is 0 Å². The van der Waals surface area contributed by atoms with E-state index in [9.17, 15) is 14.9 Å². The largest absolute Gasteiger partial charge is 0.497 e. The summed E-state index contributed by atoms with van der Waals surface area (Å²) in [5.41, 5.74) is 2.28. The molecule has 11 nitrogen and oxygen atoms in total. The third-order valence-corrected chi connectivity index (χ3v) is 5.60. The number of para-hydroxylation sites is 1. The quantitative estimate of drug-likeness (QED) is 0.167. The van der Waals surface area contributed by atoms with Crippen LogP contribution in [-0.2, 0) is 21.3 Å². The third kappa shape index (κ3) is 6.55. The molecule has 38 heavy (non-hydrogen) atoms. The number of ether oxygens (including phenoxy) is 2. The first-order valence-electron chi connectivity index (χ1n) is 11.8. The van der Waals surface area contributed by atoms with Gasteiger partial charge in [0, 0.05) is 52.2 Å². The zero-order chi connectivity index (χ0) is 28.0. The Morgan fingerprint density at radius 1 is 1.21 bits per heavy atom. The van der Waals surface area contributed by atoms with Gasteiger partial charge in [-0.1, -0.05) is 45.5 Å². The smallest absolute Gasteiger partial charge is 0.229 e. The van der Waals surface area contributed by atoms with Gasteiger partial charge in [-0.2, -0.15) is 0 Å². The van der Waals surface area contributed by atoms with Crippen LogP contribution in [0.3, 0.4) is 0 Å². The Labute approximate surface area is 221 Å². The molecule has 0 radical (unpaired) electrons. The highest BCUT2D eigenvalue weighted by atomic mass is 16.6. The van der Waals surface area contributed by atoms with Crippen molar-refractivity contribution < 1.29 is 19.2 Å². The van der Waals surface area contributed by atoms with Crippen LogP contribution < -0.4 is 10.6 Å². The molecule has 0 spiro atoms. The van der Waals surface area contributed by atoms with E-state index in [0.717, 1.165) is 16.5 Å². The molecular weight excluding hydrogens is 488 g/mol. The molecule has 0 saturated heterocycles. The zero-order valence-electron chi connectivity index (χ0n) is 22.4. The van der Waals surface area contributed by atoms with E-state index in [4.69, 9.17) is 14.5 Å². The number of aryl methyl sites for hydroxylation is 1. The Morgan fingerprint density at radius 2 is 1.92 bits per heavy atom. The van der Waals surface area contributed by atoms with E-state index < -0.39 is 16.9 Å². The topological polar surface area (TPSA) is 133 Å². The van der Waals surface area contributed by atoms with Crippen LogP contribution >= 0.6 is 0 Å². The Kier molecular flexibility index (Phi) is 8.51. The highest BCUT2D eigenvalue weighted by Crippen LogP contribution is 2.35. The average molecular weight is 521 g/mol. The number of carbonyl (C=O) groups is 1. The van der Waals surface area contributed by atoms with Gasteiger partial charge in [0.25, 0.3) is 0 Å². The number of nitro groups is 1. The van der Waals surface area contributed by atoms with Crippen molar-refractivity contribution in [3.05, 3.63) is 82.7 Å². The van der Waals surface area contributed by atoms with Gasteiger partial charge in [0.15, 0.2) is 0 Å². The maximum atomic E-state index is 12.9. The summed E-state index contributed by atoms with van der Waals surface area (Å²) >= 11 is 0. The molecule has 0 aliphatic rings. The second-order valence-corrected chi connectivity index (χ2v) is 9.47. The molecule has 0 saturated carbocycles. The lowest BCUT2D eigenvalue weighted by Gasteiger charge is -2.19. The number of allylic oxidation sites excluding steroid dienone is 1. The number of hydrogen-bond acceptors (Lipinski definition) is 8. The van der Waals surface area contributed by atoms with Crippen LogP contribution in [0.4, 0.5) is 11.6 Å². The zero-order valence-corrected chi connectivity index (χ0v) is 22.4. The normalized spacial score (nSPS) is 12.3. The van der Waals surface area contributed by atoms with Crippen molar-refractivity contribution in [1.29, 1.82) is 0 Å². The second kappa shape index (κ2) is 11.6. The molecule has 0 fully saturated rings. The fraction of sp³-hybridized carbons (Fsp3) is 0.296. The van der Waals surface area contributed by atoms with Crippen molar-refractivity contribution in [1.82, 2.24) is 14.5 Å². The number of nitrogens with zero attached hydrogens (tertiary/aromatic N) is 4. The maximum Gasteiger partial charge on any atom is 0.229 e. The van der Waals surface area contributed by atoms with Crippen LogP contribution in [0.5, 0.6) is 0 Å². The number of benzene rings is 1. The van der Waals surface area contributed by atoms with Crippen molar-refractivity contribution in [2.45, 2.75) is 20.8 Å². The van der Waals surface area contributed by atoms with Gasteiger partial charge in [-0.3, -0.25) is 14.9 Å². The van der Waals surface area contributed by atoms with Gasteiger partial charge in [-0.25, -0.2) is 9.97 Å². The number of hydrogen-bond donors (Lipinski definition) is 2. The minimum Gasteiger partial charge on any atom is -0.497 e. The van der Waals surface area contributed by atoms with Crippen LogP contribution in [0.1, 0.15) is 20.8 Å². The predicted molar refractivity (Wildman–Crippen MR) is 147 cm³/mol. The van der Waals surface area contributed by atoms with Crippen molar-refractivity contribution in [2.75, 3.05) is 31.4 Å². The van der Waals surface area contributed by atoms with Crippen molar-refractivity contribution in [3.63, 3.8) is 0 Å². The number of amides is 1. The number of nitrogens with one attached hydrogen (secondary N) is 2. The summed E-state index contributed by atoms with van der Waals surface area (Å²) in [6.45, 7) is 8.72. The molecule has 0 aliphatic carbocycles. The first-order chi connectivity index (χ1) is 17.9. The summed E-state index contributed by atoms with van der Waals surface area (Å²) in [6.07, 6.45) is 6.26. The van der Waals surface area contributed by atoms with E-state index in [0.29, 0.717) is 11.4 Å². The van der Waals surface area contributed by atoms with Crippen LogP contribution in [-0.4, -0.2) is 46.1 Å². The fourth-order valence-corrected chi connectivity index (χ4v) is 3.53. The van der Waals surface area contributed by atoms with Gasteiger partial charge in [0.2, 0.25) is 18.4 Å². The molecule has 1 amide bonds. The monoisotopic (exact) mass is 520 g/mol. The summed E-state index contributed by atoms with van der Waals surface area (Å²) in [5, 5.41) is 18.0. The minimum absolute atomic E-state index is 0.141. The third-order valence-electron chi connectivity index (χ3n) is 5.60. The number of fused-ring (bicyclic) bond motifs is 1. The number of carbonyl (C=O) groups excluding carboxylic acids is 1. The number of aromatic nitrogens is 3. The first-order valence-corrected chi connectivity index (χ1v) is 11.8. The summed E-state index contributed by atoms with van der Waals surface area (Å²) in [7, 11) is 4.80. The Balaban J connectivity index is 2.16. The summed E-state index contributed by atoms with van der Waals surface area (Å²) in [6, 6.07) is 7.83. The first kappa shape index (κ1) is 27.9. The Bertz CT molecular complexity index is 1430. The fourth-order valence-electron chi connectivity index (χ4n) is 3.53. The molecule has 2 aromatic heterocycles. The molecular formula is C27H32N6O5. The molecule has 200 valence electrons. The lowest BCUT2D eigenvalue weighted by atomic mass is 9.95. The van der Waals surface area contributed by atoms with E-state index >= 15 is 0 Å². The van der Waals surface area contributed by atoms with Crippen LogP contribution in [0, 0.1) is 15.5 Å². The average Bonchev–Trinajstić information content (AvgIpc) is 3.21. The molecule has 0 atom stereocenters. The van der Waals surface area contributed by atoms with Crippen molar-refractivity contribution >= 4 is 28.4 Å². The lowest BCUT2D eigenvalue weighted by molar-refractivity contribution is -0.468. The number of methoxy groups -OCH3 is 2. The summed E-state index contributed by atoms with van der Waals surface area (Å²) in [5.74, 6) is 0.465. The molecule has 3 aromatic rings. The van der Waals surface area contributed by atoms with E-state index in [2.05, 4.69) is 22.2 Å². The van der Waals surface area contributed by atoms with Crippen LogP contribution in [0.15, 0.2) is 72.6 Å². The molecule has 2 N–H and O–H groups in total. The maximum absolute atomic E-state index is 12.9. The van der Waals surface area contributed by atoms with E-state index in [1.807, 2.05) is 62.8 Å². The van der Waals surface area contributed by atoms with E-state index in [1.54, 1.807) is 0 Å². The van der Waals surface area contributed by atoms with Gasteiger partial charge >= 0.3 is 0 Å². The highest BCUT2D eigenvalue weighted by Gasteiger charge is 2.24. The molecule has 2 heterocycles. The molecule has 11 heteroatoms. The molecule has 0 aliphatic heterocycles. The number of rotatable bonds is 10. The molecule has 0 unspecified atom stereocenters. The number of anilines is 2. The van der Waals surface area contributed by atoms with E-state index in [-0.39, 0.29) is 29.1 Å². The van der Waals surface area contributed by atoms with Crippen molar-refractivity contribution in [3.8, 4) is 11.3 Å². The standard InChI is InChI=1S/C27H32N6O5/c1-17(37-6)14-23(38-7)20(12-13-33(35)36)30-26-28-15-21(29-25(34)27(2,3)4)24(31-26)19-16-32(5)22-11-9-8-10-18(19)22/h8-12,14-16H,1,13H2,2-7H3,(H,29,34)(H,28,30,31)/b20-12+,23-14+. The summed E-state index contributed by atoms with van der Waals surface area (Å²) < 4.78 is 12.5. The van der Waals surface area contributed by atoms with Gasteiger partial charge in [-0.05, 0) is 6.07 Å². The van der Waals surface area contributed by atoms with Gasteiger partial charge in [0.05, 0.1) is 31.8 Å².